The number of aliphatic hydroxyl groups is 1. The maximum absolute atomic E-state index is 13.8. The molecule has 0 aromatic heterocycles. The van der Waals surface area contributed by atoms with Crippen molar-refractivity contribution in [1.29, 1.82) is 0 Å². The van der Waals surface area contributed by atoms with Crippen LogP contribution >= 0.6 is 23.4 Å². The number of thioether (sulfide) groups is 1. The van der Waals surface area contributed by atoms with Crippen molar-refractivity contribution in [2.75, 3.05) is 12.3 Å². The third-order valence-electron chi connectivity index (χ3n) is 3.68. The van der Waals surface area contributed by atoms with Crippen molar-refractivity contribution >= 4 is 33.4 Å². The lowest BCUT2D eigenvalue weighted by molar-refractivity contribution is 0.281. The molecule has 118 valence electrons. The standard InChI is InChI=1S/C13H17ClFNO3S2/c1-8-9(2)20-4-3-16(8)21(18,19)11-5-10(7-17)13(14)12(15)6-11/h5-6,8-9,17H,3-4,7H2,1-2H3. The molecular weight excluding hydrogens is 337 g/mol. The molecule has 1 aromatic rings. The van der Waals surface area contributed by atoms with Crippen LogP contribution in [0.15, 0.2) is 17.0 Å². The molecule has 2 rings (SSSR count). The van der Waals surface area contributed by atoms with E-state index < -0.39 is 22.4 Å². The Kier molecular flexibility index (Phi) is 5.20. The first-order chi connectivity index (χ1) is 9.78. The zero-order valence-corrected chi connectivity index (χ0v) is 14.1. The quantitative estimate of drug-likeness (QED) is 0.907. The molecule has 0 saturated carbocycles. The first kappa shape index (κ1) is 17.0. The number of sulfonamides is 1. The van der Waals surface area contributed by atoms with Crippen LogP contribution in [0.25, 0.3) is 0 Å². The van der Waals surface area contributed by atoms with Gasteiger partial charge in [0, 0.05) is 29.2 Å². The van der Waals surface area contributed by atoms with E-state index in [4.69, 9.17) is 11.6 Å². The minimum atomic E-state index is -3.81. The van der Waals surface area contributed by atoms with Gasteiger partial charge in [-0.15, -0.1) is 0 Å². The monoisotopic (exact) mass is 353 g/mol. The van der Waals surface area contributed by atoms with Crippen LogP contribution in [0.4, 0.5) is 4.39 Å². The second-order valence-electron chi connectivity index (χ2n) is 4.97. The van der Waals surface area contributed by atoms with Gasteiger partial charge in [0.15, 0.2) is 0 Å². The summed E-state index contributed by atoms with van der Waals surface area (Å²) < 4.78 is 40.6. The number of halogens is 2. The largest absolute Gasteiger partial charge is 0.392 e. The number of rotatable bonds is 3. The SMILES string of the molecule is CC1SCCN(S(=O)(=O)c2cc(F)c(Cl)c(CO)c2)C1C. The molecule has 8 heteroatoms. The Labute approximate surface area is 133 Å². The molecule has 2 unspecified atom stereocenters. The van der Waals surface area contributed by atoms with Crippen molar-refractivity contribution in [2.45, 2.75) is 36.6 Å². The highest BCUT2D eigenvalue weighted by Crippen LogP contribution is 2.31. The normalized spacial score (nSPS) is 24.2. The minimum absolute atomic E-state index is 0.0716. The van der Waals surface area contributed by atoms with Crippen molar-refractivity contribution in [3.63, 3.8) is 0 Å². The predicted molar refractivity (Wildman–Crippen MR) is 82.6 cm³/mol. The summed E-state index contributed by atoms with van der Waals surface area (Å²) in [6, 6.07) is 1.97. The molecule has 1 fully saturated rings. The maximum Gasteiger partial charge on any atom is 0.243 e. The molecule has 1 aliphatic heterocycles. The Hall–Kier alpha value is -0.340. The molecular formula is C13H17ClFNO3S2. The Morgan fingerprint density at radius 2 is 2.14 bits per heavy atom. The second-order valence-corrected chi connectivity index (χ2v) is 8.72. The third kappa shape index (κ3) is 3.22. The van der Waals surface area contributed by atoms with Crippen LogP contribution in [-0.2, 0) is 16.6 Å². The highest BCUT2D eigenvalue weighted by molar-refractivity contribution is 8.00. The number of hydrogen-bond donors (Lipinski definition) is 1. The Morgan fingerprint density at radius 1 is 1.48 bits per heavy atom. The van der Waals surface area contributed by atoms with Crippen LogP contribution < -0.4 is 0 Å². The van der Waals surface area contributed by atoms with E-state index >= 15 is 0 Å². The fourth-order valence-electron chi connectivity index (χ4n) is 2.26. The summed E-state index contributed by atoms with van der Waals surface area (Å²) in [6.07, 6.45) is 0. The van der Waals surface area contributed by atoms with Crippen LogP contribution in [0, 0.1) is 5.82 Å². The van der Waals surface area contributed by atoms with E-state index in [1.807, 2.05) is 13.8 Å². The van der Waals surface area contributed by atoms with Gasteiger partial charge < -0.3 is 5.11 Å². The summed E-state index contributed by atoms with van der Waals surface area (Å²) in [6.45, 7) is 3.68. The summed E-state index contributed by atoms with van der Waals surface area (Å²) in [5, 5.41) is 9.10. The molecule has 0 radical (unpaired) electrons. The van der Waals surface area contributed by atoms with E-state index in [0.717, 1.165) is 6.07 Å². The summed E-state index contributed by atoms with van der Waals surface area (Å²) in [7, 11) is -3.81. The lowest BCUT2D eigenvalue weighted by Crippen LogP contribution is -2.47. The van der Waals surface area contributed by atoms with Gasteiger partial charge in [0.1, 0.15) is 5.82 Å². The van der Waals surface area contributed by atoms with E-state index in [1.54, 1.807) is 11.8 Å². The minimum Gasteiger partial charge on any atom is -0.392 e. The van der Waals surface area contributed by atoms with Crippen molar-refractivity contribution in [2.24, 2.45) is 0 Å². The van der Waals surface area contributed by atoms with Gasteiger partial charge in [-0.2, -0.15) is 16.1 Å². The Morgan fingerprint density at radius 3 is 2.76 bits per heavy atom. The Bertz CT molecular complexity index is 639. The molecule has 1 N–H and O–H groups in total. The molecule has 0 aliphatic carbocycles. The van der Waals surface area contributed by atoms with Gasteiger partial charge in [-0.1, -0.05) is 18.5 Å². The first-order valence-electron chi connectivity index (χ1n) is 6.51. The summed E-state index contributed by atoms with van der Waals surface area (Å²) in [4.78, 5) is -0.167. The van der Waals surface area contributed by atoms with Gasteiger partial charge in [0.05, 0.1) is 16.5 Å². The number of nitrogens with zero attached hydrogens (tertiary/aromatic N) is 1. The van der Waals surface area contributed by atoms with Gasteiger partial charge >= 0.3 is 0 Å². The average Bonchev–Trinajstić information content (AvgIpc) is 2.44. The topological polar surface area (TPSA) is 57.6 Å². The molecule has 0 amide bonds. The molecule has 1 heterocycles. The van der Waals surface area contributed by atoms with Crippen LogP contribution in [0.5, 0.6) is 0 Å². The second kappa shape index (κ2) is 6.42. The molecule has 0 spiro atoms. The molecule has 4 nitrogen and oxygen atoms in total. The highest BCUT2D eigenvalue weighted by Gasteiger charge is 2.35. The summed E-state index contributed by atoms with van der Waals surface area (Å²) in [5.74, 6) is -0.137. The third-order valence-corrected chi connectivity index (χ3v) is 7.41. The fraction of sp³-hybridized carbons (Fsp3) is 0.538. The predicted octanol–water partition coefficient (Wildman–Crippen LogP) is 2.49. The maximum atomic E-state index is 13.8. The van der Waals surface area contributed by atoms with Gasteiger partial charge in [-0.3, -0.25) is 0 Å². The van der Waals surface area contributed by atoms with Crippen LogP contribution in [0.2, 0.25) is 5.02 Å². The van der Waals surface area contributed by atoms with Crippen molar-refractivity contribution < 1.29 is 17.9 Å². The van der Waals surface area contributed by atoms with E-state index in [2.05, 4.69) is 0 Å². The first-order valence-corrected chi connectivity index (χ1v) is 9.38. The molecule has 2 atom stereocenters. The fourth-order valence-corrected chi connectivity index (χ4v) is 5.49. The Balaban J connectivity index is 2.46. The van der Waals surface area contributed by atoms with Crippen molar-refractivity contribution in [1.82, 2.24) is 4.31 Å². The van der Waals surface area contributed by atoms with Crippen molar-refractivity contribution in [3.05, 3.63) is 28.5 Å². The van der Waals surface area contributed by atoms with E-state index in [9.17, 15) is 17.9 Å². The molecule has 1 aliphatic rings. The summed E-state index contributed by atoms with van der Waals surface area (Å²) in [5.41, 5.74) is 0.0716. The number of aliphatic hydroxyl groups excluding tert-OH is 1. The zero-order chi connectivity index (χ0) is 15.8. The highest BCUT2D eigenvalue weighted by atomic mass is 35.5. The van der Waals surface area contributed by atoms with Gasteiger partial charge in [0.25, 0.3) is 0 Å². The summed E-state index contributed by atoms with van der Waals surface area (Å²) >= 11 is 7.42. The smallest absolute Gasteiger partial charge is 0.243 e. The van der Waals surface area contributed by atoms with Crippen molar-refractivity contribution in [3.8, 4) is 0 Å². The van der Waals surface area contributed by atoms with Crippen LogP contribution in [-0.4, -0.2) is 41.4 Å². The lowest BCUT2D eigenvalue weighted by Gasteiger charge is -2.36. The van der Waals surface area contributed by atoms with E-state index in [-0.39, 0.29) is 26.8 Å². The van der Waals surface area contributed by atoms with E-state index in [0.29, 0.717) is 12.3 Å². The zero-order valence-electron chi connectivity index (χ0n) is 11.7. The number of hydrogen-bond acceptors (Lipinski definition) is 4. The van der Waals surface area contributed by atoms with E-state index in [1.165, 1.54) is 10.4 Å². The molecule has 21 heavy (non-hydrogen) atoms. The molecule has 1 saturated heterocycles. The van der Waals surface area contributed by atoms with Gasteiger partial charge in [0.2, 0.25) is 10.0 Å². The number of benzene rings is 1. The van der Waals surface area contributed by atoms with Gasteiger partial charge in [-0.25, -0.2) is 12.8 Å². The van der Waals surface area contributed by atoms with Gasteiger partial charge in [-0.05, 0) is 19.1 Å². The average molecular weight is 354 g/mol. The van der Waals surface area contributed by atoms with Crippen LogP contribution in [0.1, 0.15) is 19.4 Å². The molecule has 0 bridgehead atoms. The lowest BCUT2D eigenvalue weighted by atomic mass is 10.2. The molecule has 1 aromatic carbocycles. The van der Waals surface area contributed by atoms with Crippen LogP contribution in [0.3, 0.4) is 0 Å².